The van der Waals surface area contributed by atoms with E-state index in [4.69, 9.17) is 4.74 Å². The van der Waals surface area contributed by atoms with E-state index in [2.05, 4.69) is 55.6 Å². The molecule has 0 aromatic heterocycles. The highest BCUT2D eigenvalue weighted by atomic mass is 16.5. The lowest BCUT2D eigenvalue weighted by Crippen LogP contribution is -2.45. The monoisotopic (exact) mass is 1150 g/mol. The Balaban J connectivity index is 3.44. The number of hydrogen-bond donors (Lipinski definition) is 3. The summed E-state index contributed by atoms with van der Waals surface area (Å²) in [5.41, 5.74) is 0. The number of carbonyl (C=O) groups is 2. The molecule has 0 aromatic rings. The van der Waals surface area contributed by atoms with Crippen LogP contribution in [0, 0.1) is 0 Å². The third-order valence-corrected chi connectivity index (χ3v) is 17.1. The van der Waals surface area contributed by atoms with Gasteiger partial charge in [0.25, 0.3) is 0 Å². The van der Waals surface area contributed by atoms with Crippen molar-refractivity contribution in [2.75, 3.05) is 13.2 Å². The molecule has 0 aromatic carbocycles. The number of hydrogen-bond acceptors (Lipinski definition) is 5. The van der Waals surface area contributed by atoms with Crippen molar-refractivity contribution < 1.29 is 24.5 Å². The van der Waals surface area contributed by atoms with Crippen molar-refractivity contribution in [3.63, 3.8) is 0 Å². The number of carbonyl (C=O) groups excluding carboxylic acids is 2. The number of amides is 1. The summed E-state index contributed by atoms with van der Waals surface area (Å²) in [5.74, 6) is -0.0606. The molecule has 482 valence electrons. The van der Waals surface area contributed by atoms with Crippen LogP contribution in [0.3, 0.4) is 0 Å². The highest BCUT2D eigenvalue weighted by Crippen LogP contribution is 2.18. The molecule has 6 nitrogen and oxygen atoms in total. The first kappa shape index (κ1) is 79.8. The van der Waals surface area contributed by atoms with Crippen molar-refractivity contribution in [2.24, 2.45) is 0 Å². The summed E-state index contributed by atoms with van der Waals surface area (Å²) < 4.78 is 5.50. The lowest BCUT2D eigenvalue weighted by molar-refractivity contribution is -0.143. The molecule has 0 aliphatic rings. The first-order valence-electron chi connectivity index (χ1n) is 36.9. The second-order valence-electron chi connectivity index (χ2n) is 25.3. The molecule has 2 unspecified atom stereocenters. The van der Waals surface area contributed by atoms with E-state index in [0.717, 1.165) is 51.4 Å². The fourth-order valence-electron chi connectivity index (χ4n) is 11.4. The van der Waals surface area contributed by atoms with E-state index in [-0.39, 0.29) is 18.5 Å². The second kappa shape index (κ2) is 71.3. The summed E-state index contributed by atoms with van der Waals surface area (Å²) in [6.45, 7) is 4.93. The molecule has 0 rings (SSSR count). The van der Waals surface area contributed by atoms with Gasteiger partial charge in [-0.15, -0.1) is 0 Å². The number of rotatable bonds is 69. The Bertz CT molecular complexity index is 1370. The highest BCUT2D eigenvalue weighted by Gasteiger charge is 2.18. The zero-order valence-electron chi connectivity index (χ0n) is 55.2. The zero-order chi connectivity index (χ0) is 59.2. The minimum absolute atomic E-state index is 0.00728. The minimum Gasteiger partial charge on any atom is -0.466 e. The maximum absolute atomic E-state index is 12.5. The van der Waals surface area contributed by atoms with Gasteiger partial charge in [-0.25, -0.2) is 0 Å². The van der Waals surface area contributed by atoms with E-state index in [9.17, 15) is 19.8 Å². The first-order chi connectivity index (χ1) is 40.5. The van der Waals surface area contributed by atoms with Crippen LogP contribution in [0.25, 0.3) is 0 Å². The van der Waals surface area contributed by atoms with Gasteiger partial charge < -0.3 is 20.3 Å². The van der Waals surface area contributed by atoms with Crippen molar-refractivity contribution in [3.05, 3.63) is 48.6 Å². The van der Waals surface area contributed by atoms with Crippen LogP contribution in [0.5, 0.6) is 0 Å². The fraction of sp³-hybridized carbons (Fsp3) is 0.868. The van der Waals surface area contributed by atoms with Gasteiger partial charge in [0.2, 0.25) is 5.91 Å². The maximum Gasteiger partial charge on any atom is 0.305 e. The molecule has 0 spiro atoms. The third kappa shape index (κ3) is 67.0. The predicted molar refractivity (Wildman–Crippen MR) is 361 cm³/mol. The summed E-state index contributed by atoms with van der Waals surface area (Å²) in [4.78, 5) is 24.6. The average molecular weight is 1150 g/mol. The number of aliphatic hydroxyl groups excluding tert-OH is 2. The van der Waals surface area contributed by atoms with Crippen LogP contribution >= 0.6 is 0 Å². The number of aliphatic hydroxyl groups is 2. The van der Waals surface area contributed by atoms with Crippen molar-refractivity contribution >= 4 is 11.9 Å². The Morgan fingerprint density at radius 3 is 0.939 bits per heavy atom. The van der Waals surface area contributed by atoms with Crippen molar-refractivity contribution in [3.8, 4) is 0 Å². The molecule has 2 atom stereocenters. The highest BCUT2D eigenvalue weighted by molar-refractivity contribution is 5.76. The van der Waals surface area contributed by atoms with Gasteiger partial charge in [-0.05, 0) is 89.9 Å². The van der Waals surface area contributed by atoms with Crippen LogP contribution < -0.4 is 5.32 Å². The van der Waals surface area contributed by atoms with Gasteiger partial charge in [0.05, 0.1) is 25.4 Å². The number of unbranched alkanes of at least 4 members (excludes halogenated alkanes) is 52. The van der Waals surface area contributed by atoms with Gasteiger partial charge in [0, 0.05) is 12.8 Å². The molecule has 0 aliphatic heterocycles. The molecule has 0 saturated carbocycles. The number of ether oxygens (including phenoxy) is 1. The quantitative estimate of drug-likeness (QED) is 0.0320. The Morgan fingerprint density at radius 1 is 0.341 bits per heavy atom. The van der Waals surface area contributed by atoms with Crippen LogP contribution in [-0.4, -0.2) is 47.4 Å². The zero-order valence-corrected chi connectivity index (χ0v) is 55.2. The smallest absolute Gasteiger partial charge is 0.305 e. The van der Waals surface area contributed by atoms with Crippen LogP contribution in [0.15, 0.2) is 48.6 Å². The second-order valence-corrected chi connectivity index (χ2v) is 25.3. The Morgan fingerprint density at radius 2 is 0.610 bits per heavy atom. The number of nitrogens with one attached hydrogen (secondary N) is 1. The fourth-order valence-corrected chi connectivity index (χ4v) is 11.4. The van der Waals surface area contributed by atoms with Crippen molar-refractivity contribution in [1.29, 1.82) is 0 Å². The normalized spacial score (nSPS) is 12.8. The molecular weight excluding hydrogens is 1010 g/mol. The van der Waals surface area contributed by atoms with Gasteiger partial charge in [-0.3, -0.25) is 9.59 Å². The van der Waals surface area contributed by atoms with E-state index >= 15 is 0 Å². The topological polar surface area (TPSA) is 95.9 Å². The van der Waals surface area contributed by atoms with Gasteiger partial charge in [0.1, 0.15) is 0 Å². The molecule has 0 bridgehead atoms. The molecule has 3 N–H and O–H groups in total. The Hall–Kier alpha value is -2.18. The molecule has 82 heavy (non-hydrogen) atoms. The van der Waals surface area contributed by atoms with Gasteiger partial charge in [0.15, 0.2) is 0 Å². The van der Waals surface area contributed by atoms with Crippen molar-refractivity contribution in [1.82, 2.24) is 5.32 Å². The molecule has 0 saturated heterocycles. The molecular formula is C76H143NO5. The molecule has 0 fully saturated rings. The minimum atomic E-state index is -0.849. The summed E-state index contributed by atoms with van der Waals surface area (Å²) in [6.07, 6.45) is 93.4. The Kier molecular flexibility index (Phi) is 69.4. The summed E-state index contributed by atoms with van der Waals surface area (Å²) in [7, 11) is 0. The lowest BCUT2D eigenvalue weighted by atomic mass is 10.0. The molecule has 0 radical (unpaired) electrons. The van der Waals surface area contributed by atoms with E-state index in [0.29, 0.717) is 19.4 Å². The SMILES string of the molecule is CCCCCCCC/C=C\CCCCCCCCCC(=O)OCCCCCCCCCCC/C=C\C/C=C\CCCCCCCCCCCCCC(=O)NC(CO)C(O)/C=C/CCCCCCCCCCCCCCCCCCCCC. The van der Waals surface area contributed by atoms with E-state index < -0.39 is 12.1 Å². The van der Waals surface area contributed by atoms with E-state index in [1.54, 1.807) is 6.08 Å². The van der Waals surface area contributed by atoms with Crippen LogP contribution in [0.4, 0.5) is 0 Å². The standard InChI is InChI=1S/C76H143NO5/c1-3-5-7-9-11-13-15-17-19-21-22-30-33-37-40-44-48-52-56-60-64-68-74(79)73(72-78)77-75(80)69-65-61-57-53-49-45-41-38-34-31-28-26-24-23-25-27-29-32-35-39-43-47-51-55-59-63-67-71-82-76(81)70-66-62-58-54-50-46-42-36-20-18-16-14-12-10-8-6-4-2/h18,20,23-24,27,29,64,68,73-74,78-79H,3-17,19,21-22,25-26,28,30-63,65-67,69-72H2,1-2H3,(H,77,80)/b20-18-,24-23-,29-27-,68-64+. The van der Waals surface area contributed by atoms with Crippen LogP contribution in [0.2, 0.25) is 0 Å². The van der Waals surface area contributed by atoms with Gasteiger partial charge in [-0.2, -0.15) is 0 Å². The summed E-state index contributed by atoms with van der Waals surface area (Å²) in [5, 5.41) is 23.3. The van der Waals surface area contributed by atoms with E-state index in [1.807, 2.05) is 6.08 Å². The number of esters is 1. The van der Waals surface area contributed by atoms with Crippen LogP contribution in [0.1, 0.15) is 399 Å². The lowest BCUT2D eigenvalue weighted by Gasteiger charge is -2.20. The first-order valence-corrected chi connectivity index (χ1v) is 36.9. The maximum atomic E-state index is 12.5. The number of allylic oxidation sites excluding steroid dienone is 7. The van der Waals surface area contributed by atoms with Gasteiger partial charge in [-0.1, -0.05) is 345 Å². The average Bonchev–Trinajstić information content (AvgIpc) is 3.48. The molecule has 0 aliphatic carbocycles. The Labute approximate surface area is 512 Å². The van der Waals surface area contributed by atoms with Gasteiger partial charge >= 0.3 is 5.97 Å². The third-order valence-electron chi connectivity index (χ3n) is 17.1. The molecule has 1 amide bonds. The van der Waals surface area contributed by atoms with E-state index in [1.165, 1.54) is 321 Å². The summed E-state index contributed by atoms with van der Waals surface area (Å²) >= 11 is 0. The predicted octanol–water partition coefficient (Wildman–Crippen LogP) is 24.0. The molecule has 6 heteroatoms. The van der Waals surface area contributed by atoms with Crippen molar-refractivity contribution in [2.45, 2.75) is 411 Å². The van der Waals surface area contributed by atoms with Crippen LogP contribution in [-0.2, 0) is 14.3 Å². The summed E-state index contributed by atoms with van der Waals surface area (Å²) in [6, 6.07) is -0.632. The largest absolute Gasteiger partial charge is 0.466 e. The molecule has 0 heterocycles.